The van der Waals surface area contributed by atoms with Gasteiger partial charge in [0.2, 0.25) is 0 Å². The predicted octanol–water partition coefficient (Wildman–Crippen LogP) is 3.95. The standard InChI is InChI=1S/C18H21NO/c1-14-7-9-15(10-8-14)13-19(2)17-11-12-20-18-6-4-3-5-16(17)18/h3-10,17H,11-13H2,1-2H3. The summed E-state index contributed by atoms with van der Waals surface area (Å²) >= 11 is 0. The number of fused-ring (bicyclic) bond motifs is 1. The lowest BCUT2D eigenvalue weighted by Crippen LogP contribution is -2.29. The highest BCUT2D eigenvalue weighted by molar-refractivity contribution is 5.37. The molecule has 2 nitrogen and oxygen atoms in total. The second-order valence-corrected chi connectivity index (χ2v) is 5.59. The van der Waals surface area contributed by atoms with Crippen molar-refractivity contribution in [2.45, 2.75) is 25.9 Å². The molecule has 0 fully saturated rings. The second-order valence-electron chi connectivity index (χ2n) is 5.59. The molecule has 1 heterocycles. The normalized spacial score (nSPS) is 17.6. The van der Waals surface area contributed by atoms with Crippen LogP contribution in [-0.2, 0) is 6.54 Å². The van der Waals surface area contributed by atoms with Crippen LogP contribution in [0.3, 0.4) is 0 Å². The van der Waals surface area contributed by atoms with E-state index in [1.54, 1.807) is 0 Å². The maximum atomic E-state index is 5.74. The van der Waals surface area contributed by atoms with E-state index in [1.165, 1.54) is 16.7 Å². The summed E-state index contributed by atoms with van der Waals surface area (Å²) < 4.78 is 5.74. The van der Waals surface area contributed by atoms with Gasteiger partial charge in [-0.3, -0.25) is 4.90 Å². The molecule has 1 aliphatic rings. The molecule has 104 valence electrons. The number of nitrogens with zero attached hydrogens (tertiary/aromatic N) is 1. The summed E-state index contributed by atoms with van der Waals surface area (Å²) in [5, 5.41) is 0. The minimum absolute atomic E-state index is 0.446. The molecule has 2 aromatic carbocycles. The van der Waals surface area contributed by atoms with Gasteiger partial charge in [0.1, 0.15) is 5.75 Å². The van der Waals surface area contributed by atoms with Crippen LogP contribution in [0.1, 0.15) is 29.2 Å². The molecular formula is C18H21NO. The van der Waals surface area contributed by atoms with Crippen LogP contribution in [0.5, 0.6) is 5.75 Å². The molecule has 0 saturated heterocycles. The lowest BCUT2D eigenvalue weighted by Gasteiger charge is -2.33. The van der Waals surface area contributed by atoms with Crippen LogP contribution >= 0.6 is 0 Å². The first-order valence-electron chi connectivity index (χ1n) is 7.21. The van der Waals surface area contributed by atoms with Gasteiger partial charge in [0.25, 0.3) is 0 Å². The predicted molar refractivity (Wildman–Crippen MR) is 81.9 cm³/mol. The van der Waals surface area contributed by atoms with Gasteiger partial charge in [-0.05, 0) is 25.6 Å². The van der Waals surface area contributed by atoms with Crippen molar-refractivity contribution in [3.05, 3.63) is 65.2 Å². The number of aryl methyl sites for hydroxylation is 1. The Kier molecular flexibility index (Phi) is 3.75. The van der Waals surface area contributed by atoms with Crippen molar-refractivity contribution >= 4 is 0 Å². The molecule has 2 aromatic rings. The molecule has 3 rings (SSSR count). The zero-order valence-corrected chi connectivity index (χ0v) is 12.2. The minimum Gasteiger partial charge on any atom is -0.493 e. The van der Waals surface area contributed by atoms with Crippen LogP contribution in [0.15, 0.2) is 48.5 Å². The third kappa shape index (κ3) is 2.70. The van der Waals surface area contributed by atoms with E-state index in [1.807, 2.05) is 6.07 Å². The largest absolute Gasteiger partial charge is 0.493 e. The molecule has 0 saturated carbocycles. The first-order valence-corrected chi connectivity index (χ1v) is 7.21. The summed E-state index contributed by atoms with van der Waals surface area (Å²) in [6.45, 7) is 3.90. The van der Waals surface area contributed by atoms with E-state index in [2.05, 4.69) is 61.3 Å². The van der Waals surface area contributed by atoms with Crippen LogP contribution in [-0.4, -0.2) is 18.6 Å². The summed E-state index contributed by atoms with van der Waals surface area (Å²) in [5.41, 5.74) is 3.99. The lowest BCUT2D eigenvalue weighted by molar-refractivity contribution is 0.161. The summed E-state index contributed by atoms with van der Waals surface area (Å²) in [7, 11) is 2.20. The van der Waals surface area contributed by atoms with E-state index in [4.69, 9.17) is 4.74 Å². The van der Waals surface area contributed by atoms with Crippen molar-refractivity contribution < 1.29 is 4.74 Å². The maximum Gasteiger partial charge on any atom is 0.124 e. The Morgan fingerprint density at radius 2 is 1.85 bits per heavy atom. The summed E-state index contributed by atoms with van der Waals surface area (Å²) in [6.07, 6.45) is 1.05. The van der Waals surface area contributed by atoms with Gasteiger partial charge in [0.05, 0.1) is 6.61 Å². The van der Waals surface area contributed by atoms with Crippen molar-refractivity contribution in [1.82, 2.24) is 4.90 Å². The minimum atomic E-state index is 0.446. The molecule has 2 heteroatoms. The number of rotatable bonds is 3. The first-order chi connectivity index (χ1) is 9.74. The van der Waals surface area contributed by atoms with Crippen LogP contribution in [0, 0.1) is 6.92 Å². The van der Waals surface area contributed by atoms with E-state index in [9.17, 15) is 0 Å². The molecule has 1 aliphatic heterocycles. The van der Waals surface area contributed by atoms with Gasteiger partial charge in [-0.1, -0.05) is 48.0 Å². The van der Waals surface area contributed by atoms with Crippen molar-refractivity contribution in [1.29, 1.82) is 0 Å². The Hall–Kier alpha value is -1.80. The van der Waals surface area contributed by atoms with Crippen molar-refractivity contribution in [3.8, 4) is 5.75 Å². The van der Waals surface area contributed by atoms with E-state index in [-0.39, 0.29) is 0 Å². The zero-order valence-electron chi connectivity index (χ0n) is 12.2. The highest BCUT2D eigenvalue weighted by atomic mass is 16.5. The number of hydrogen-bond donors (Lipinski definition) is 0. The quantitative estimate of drug-likeness (QED) is 0.835. The van der Waals surface area contributed by atoms with Gasteiger partial charge < -0.3 is 4.74 Å². The average Bonchev–Trinajstić information content (AvgIpc) is 2.49. The highest BCUT2D eigenvalue weighted by Crippen LogP contribution is 2.35. The lowest BCUT2D eigenvalue weighted by atomic mass is 9.99. The highest BCUT2D eigenvalue weighted by Gasteiger charge is 2.24. The Bertz CT molecular complexity index is 576. The molecule has 0 amide bonds. The van der Waals surface area contributed by atoms with Crippen molar-refractivity contribution in [2.24, 2.45) is 0 Å². The Morgan fingerprint density at radius 3 is 2.65 bits per heavy atom. The topological polar surface area (TPSA) is 12.5 Å². The number of para-hydroxylation sites is 1. The third-order valence-electron chi connectivity index (χ3n) is 4.01. The number of benzene rings is 2. The van der Waals surface area contributed by atoms with E-state index in [0.29, 0.717) is 6.04 Å². The van der Waals surface area contributed by atoms with Gasteiger partial charge in [-0.2, -0.15) is 0 Å². The fraction of sp³-hybridized carbons (Fsp3) is 0.333. The molecule has 0 radical (unpaired) electrons. The number of hydrogen-bond acceptors (Lipinski definition) is 2. The Morgan fingerprint density at radius 1 is 1.10 bits per heavy atom. The van der Waals surface area contributed by atoms with E-state index < -0.39 is 0 Å². The van der Waals surface area contributed by atoms with Crippen LogP contribution < -0.4 is 4.74 Å². The average molecular weight is 267 g/mol. The molecule has 0 aromatic heterocycles. The molecule has 0 aliphatic carbocycles. The Balaban J connectivity index is 1.78. The van der Waals surface area contributed by atoms with Gasteiger partial charge >= 0.3 is 0 Å². The Labute approximate surface area is 121 Å². The van der Waals surface area contributed by atoms with Gasteiger partial charge in [0.15, 0.2) is 0 Å². The molecule has 0 N–H and O–H groups in total. The maximum absolute atomic E-state index is 5.74. The SMILES string of the molecule is Cc1ccc(CN(C)C2CCOc3ccccc32)cc1. The van der Waals surface area contributed by atoms with Gasteiger partial charge in [-0.15, -0.1) is 0 Å². The van der Waals surface area contributed by atoms with Crippen molar-refractivity contribution in [2.75, 3.05) is 13.7 Å². The van der Waals surface area contributed by atoms with E-state index in [0.717, 1.165) is 25.3 Å². The molecule has 20 heavy (non-hydrogen) atoms. The molecule has 0 bridgehead atoms. The fourth-order valence-electron chi connectivity index (χ4n) is 2.87. The van der Waals surface area contributed by atoms with Gasteiger partial charge in [-0.25, -0.2) is 0 Å². The van der Waals surface area contributed by atoms with Gasteiger partial charge in [0, 0.05) is 24.6 Å². The van der Waals surface area contributed by atoms with E-state index >= 15 is 0 Å². The number of ether oxygens (including phenoxy) is 1. The summed E-state index contributed by atoms with van der Waals surface area (Å²) in [6, 6.07) is 17.6. The zero-order chi connectivity index (χ0) is 13.9. The van der Waals surface area contributed by atoms with Crippen LogP contribution in [0.25, 0.3) is 0 Å². The smallest absolute Gasteiger partial charge is 0.124 e. The monoisotopic (exact) mass is 267 g/mol. The summed E-state index contributed by atoms with van der Waals surface area (Å²) in [4.78, 5) is 2.42. The third-order valence-corrected chi connectivity index (χ3v) is 4.01. The molecule has 1 unspecified atom stereocenters. The second kappa shape index (κ2) is 5.68. The first kappa shape index (κ1) is 13.2. The van der Waals surface area contributed by atoms with Crippen molar-refractivity contribution in [3.63, 3.8) is 0 Å². The molecule has 1 atom stereocenters. The fourth-order valence-corrected chi connectivity index (χ4v) is 2.87. The molecule has 0 spiro atoms. The van der Waals surface area contributed by atoms with Crippen LogP contribution in [0.4, 0.5) is 0 Å². The summed E-state index contributed by atoms with van der Waals surface area (Å²) in [5.74, 6) is 1.04. The van der Waals surface area contributed by atoms with Crippen LogP contribution in [0.2, 0.25) is 0 Å². The molecular weight excluding hydrogens is 246 g/mol.